The Hall–Kier alpha value is -2.04. The number of hydrogen-bond donors (Lipinski definition) is 1. The van der Waals surface area contributed by atoms with Crippen molar-refractivity contribution in [3.63, 3.8) is 0 Å². The van der Waals surface area contributed by atoms with E-state index in [0.29, 0.717) is 0 Å². The van der Waals surface area contributed by atoms with Crippen LogP contribution in [0.2, 0.25) is 0 Å². The van der Waals surface area contributed by atoms with Gasteiger partial charge in [-0.25, -0.2) is 5.10 Å². The Labute approximate surface area is 125 Å². The highest BCUT2D eigenvalue weighted by molar-refractivity contribution is 5.79. The summed E-state index contributed by atoms with van der Waals surface area (Å²) in [4.78, 5) is 12.0. The lowest BCUT2D eigenvalue weighted by molar-refractivity contribution is -0.121. The van der Waals surface area contributed by atoms with Gasteiger partial charge in [-0.15, -0.1) is 5.10 Å². The van der Waals surface area contributed by atoms with Crippen LogP contribution in [-0.2, 0) is 11.2 Å². The molecule has 0 bridgehead atoms. The molecule has 21 heavy (non-hydrogen) atoms. The summed E-state index contributed by atoms with van der Waals surface area (Å²) in [6, 6.07) is 10.3. The van der Waals surface area contributed by atoms with Crippen LogP contribution in [0, 0.1) is 5.92 Å². The Morgan fingerprint density at radius 2 is 2.00 bits per heavy atom. The van der Waals surface area contributed by atoms with Gasteiger partial charge in [-0.2, -0.15) is 0 Å². The number of aromatic amines is 1. The summed E-state index contributed by atoms with van der Waals surface area (Å²) >= 11 is 0. The molecule has 0 saturated carbocycles. The first-order valence-electron chi connectivity index (χ1n) is 7.50. The zero-order chi connectivity index (χ0) is 15.1. The number of ketones is 1. The summed E-state index contributed by atoms with van der Waals surface area (Å²) in [6.07, 6.45) is 3.63. The Balaban J connectivity index is 2.14. The molecule has 0 amide bonds. The van der Waals surface area contributed by atoms with Gasteiger partial charge in [-0.1, -0.05) is 43.7 Å². The van der Waals surface area contributed by atoms with Gasteiger partial charge < -0.3 is 0 Å². The maximum atomic E-state index is 12.0. The monoisotopic (exact) mass is 286 g/mol. The van der Waals surface area contributed by atoms with E-state index in [1.54, 1.807) is 6.92 Å². The van der Waals surface area contributed by atoms with Gasteiger partial charge in [0.2, 0.25) is 0 Å². The number of aromatic nitrogens is 4. The molecule has 1 aromatic carbocycles. The molecule has 0 spiro atoms. The van der Waals surface area contributed by atoms with Crippen molar-refractivity contribution >= 4 is 5.78 Å². The molecule has 0 saturated heterocycles. The molecule has 0 aliphatic carbocycles. The Morgan fingerprint density at radius 1 is 1.24 bits per heavy atom. The van der Waals surface area contributed by atoms with Gasteiger partial charge in [0.1, 0.15) is 5.78 Å². The number of nitrogens with one attached hydrogen (secondary N) is 1. The van der Waals surface area contributed by atoms with E-state index in [4.69, 9.17) is 0 Å². The normalized spacial score (nSPS) is 13.8. The highest BCUT2D eigenvalue weighted by Crippen LogP contribution is 2.30. The van der Waals surface area contributed by atoms with Crippen LogP contribution >= 0.6 is 0 Å². The van der Waals surface area contributed by atoms with Gasteiger partial charge in [0.25, 0.3) is 0 Å². The van der Waals surface area contributed by atoms with Crippen LogP contribution in [0.25, 0.3) is 0 Å². The van der Waals surface area contributed by atoms with Crippen LogP contribution in [0.4, 0.5) is 0 Å². The third-order valence-corrected chi connectivity index (χ3v) is 3.91. The molecular weight excluding hydrogens is 264 g/mol. The maximum absolute atomic E-state index is 12.0. The average molecular weight is 286 g/mol. The predicted octanol–water partition coefficient (Wildman–Crippen LogP) is 2.92. The molecule has 0 aliphatic heterocycles. The SMILES string of the molecule is CCC[C@H](C(C)=O)[C@H](CCc1ccccc1)c1nnn[nH]1. The fourth-order valence-electron chi connectivity index (χ4n) is 2.82. The summed E-state index contributed by atoms with van der Waals surface area (Å²) in [5, 5.41) is 14.2. The number of tetrazole rings is 1. The average Bonchev–Trinajstić information content (AvgIpc) is 3.01. The topological polar surface area (TPSA) is 71.5 Å². The van der Waals surface area contributed by atoms with Crippen molar-refractivity contribution in [2.24, 2.45) is 5.92 Å². The van der Waals surface area contributed by atoms with Crippen molar-refractivity contribution in [2.45, 2.75) is 45.4 Å². The Bertz CT molecular complexity index is 539. The number of H-pyrrole nitrogens is 1. The minimum Gasteiger partial charge on any atom is -0.300 e. The van der Waals surface area contributed by atoms with E-state index >= 15 is 0 Å². The fourth-order valence-corrected chi connectivity index (χ4v) is 2.82. The molecule has 112 valence electrons. The molecule has 1 aromatic heterocycles. The fraction of sp³-hybridized carbons (Fsp3) is 0.500. The number of rotatable bonds is 8. The molecular formula is C16H22N4O. The first kappa shape index (κ1) is 15.4. The standard InChI is InChI=1S/C16H22N4O/c1-3-7-14(12(2)21)15(16-17-19-20-18-16)11-10-13-8-5-4-6-9-13/h4-6,8-9,14-15H,3,7,10-11H2,1-2H3,(H,17,18,19,20)/t14-,15+/m1/s1. The molecule has 0 fully saturated rings. The number of nitrogens with zero attached hydrogens (tertiary/aromatic N) is 3. The number of aryl methyl sites for hydroxylation is 1. The van der Waals surface area contributed by atoms with Crippen LogP contribution in [0.15, 0.2) is 30.3 Å². The van der Waals surface area contributed by atoms with Gasteiger partial charge in [-0.3, -0.25) is 4.79 Å². The first-order valence-corrected chi connectivity index (χ1v) is 7.50. The second-order valence-corrected chi connectivity index (χ2v) is 5.42. The Kier molecular flexibility index (Phi) is 5.60. The van der Waals surface area contributed by atoms with Crippen molar-refractivity contribution in [2.75, 3.05) is 0 Å². The van der Waals surface area contributed by atoms with Gasteiger partial charge in [0.15, 0.2) is 5.82 Å². The van der Waals surface area contributed by atoms with E-state index in [1.165, 1.54) is 5.56 Å². The minimum atomic E-state index is -0.0199. The summed E-state index contributed by atoms with van der Waals surface area (Å²) in [5.74, 6) is 0.969. The minimum absolute atomic E-state index is 0.0199. The van der Waals surface area contributed by atoms with Crippen LogP contribution in [0.1, 0.15) is 50.4 Å². The second-order valence-electron chi connectivity index (χ2n) is 5.42. The number of carbonyl (C=O) groups is 1. The van der Waals surface area contributed by atoms with E-state index in [0.717, 1.165) is 31.5 Å². The lowest BCUT2D eigenvalue weighted by Gasteiger charge is -2.22. The van der Waals surface area contributed by atoms with Crippen LogP contribution in [0.3, 0.4) is 0 Å². The lowest BCUT2D eigenvalue weighted by Crippen LogP contribution is -2.22. The number of hydrogen-bond acceptors (Lipinski definition) is 4. The van der Waals surface area contributed by atoms with Crippen molar-refractivity contribution < 1.29 is 4.79 Å². The Morgan fingerprint density at radius 3 is 2.57 bits per heavy atom. The van der Waals surface area contributed by atoms with Gasteiger partial charge in [0, 0.05) is 11.8 Å². The summed E-state index contributed by atoms with van der Waals surface area (Å²) in [6.45, 7) is 3.77. The predicted molar refractivity (Wildman–Crippen MR) is 80.8 cm³/mol. The molecule has 5 heteroatoms. The van der Waals surface area contributed by atoms with E-state index in [9.17, 15) is 4.79 Å². The van der Waals surface area contributed by atoms with Gasteiger partial charge in [-0.05, 0) is 42.2 Å². The molecule has 0 aliphatic rings. The third kappa shape index (κ3) is 4.21. The van der Waals surface area contributed by atoms with E-state index < -0.39 is 0 Å². The molecule has 0 radical (unpaired) electrons. The van der Waals surface area contributed by atoms with E-state index in [1.807, 2.05) is 18.2 Å². The maximum Gasteiger partial charge on any atom is 0.152 e. The summed E-state index contributed by atoms with van der Waals surface area (Å²) in [7, 11) is 0. The van der Waals surface area contributed by atoms with Gasteiger partial charge in [0.05, 0.1) is 0 Å². The molecule has 2 atom stereocenters. The lowest BCUT2D eigenvalue weighted by atomic mass is 9.81. The van der Waals surface area contributed by atoms with E-state index in [2.05, 4.69) is 39.7 Å². The molecule has 2 rings (SSSR count). The molecule has 1 heterocycles. The van der Waals surface area contributed by atoms with Crippen molar-refractivity contribution in [1.82, 2.24) is 20.6 Å². The largest absolute Gasteiger partial charge is 0.300 e. The van der Waals surface area contributed by atoms with Crippen molar-refractivity contribution in [3.05, 3.63) is 41.7 Å². The first-order chi connectivity index (χ1) is 10.2. The number of carbonyl (C=O) groups excluding carboxylic acids is 1. The van der Waals surface area contributed by atoms with Gasteiger partial charge >= 0.3 is 0 Å². The van der Waals surface area contributed by atoms with Crippen LogP contribution < -0.4 is 0 Å². The third-order valence-electron chi connectivity index (χ3n) is 3.91. The second kappa shape index (κ2) is 7.67. The smallest absolute Gasteiger partial charge is 0.152 e. The summed E-state index contributed by atoms with van der Waals surface area (Å²) < 4.78 is 0. The quantitative estimate of drug-likeness (QED) is 0.810. The van der Waals surface area contributed by atoms with Crippen molar-refractivity contribution in [3.8, 4) is 0 Å². The summed E-state index contributed by atoms with van der Waals surface area (Å²) in [5.41, 5.74) is 1.27. The molecule has 0 unspecified atom stereocenters. The van der Waals surface area contributed by atoms with E-state index in [-0.39, 0.29) is 17.6 Å². The zero-order valence-corrected chi connectivity index (χ0v) is 12.6. The zero-order valence-electron chi connectivity index (χ0n) is 12.6. The number of benzene rings is 1. The molecule has 5 nitrogen and oxygen atoms in total. The number of Topliss-reactive ketones (excluding diaryl/α,β-unsaturated/α-hetero) is 1. The van der Waals surface area contributed by atoms with Crippen LogP contribution in [-0.4, -0.2) is 26.4 Å². The van der Waals surface area contributed by atoms with Crippen LogP contribution in [0.5, 0.6) is 0 Å². The molecule has 1 N–H and O–H groups in total. The molecule has 2 aromatic rings. The van der Waals surface area contributed by atoms with Crippen molar-refractivity contribution in [1.29, 1.82) is 0 Å². The highest BCUT2D eigenvalue weighted by Gasteiger charge is 2.28. The highest BCUT2D eigenvalue weighted by atomic mass is 16.1.